The van der Waals surface area contributed by atoms with Gasteiger partial charge in [0.2, 0.25) is 0 Å². The van der Waals surface area contributed by atoms with Gasteiger partial charge >= 0.3 is 0 Å². The van der Waals surface area contributed by atoms with Crippen molar-refractivity contribution in [1.82, 2.24) is 5.32 Å². The highest BCUT2D eigenvalue weighted by Crippen LogP contribution is 2.19. The fourth-order valence-corrected chi connectivity index (χ4v) is 1.61. The van der Waals surface area contributed by atoms with Crippen LogP contribution >= 0.6 is 0 Å². The minimum atomic E-state index is 0.695. The van der Waals surface area contributed by atoms with E-state index in [1.165, 1.54) is 16.7 Å². The summed E-state index contributed by atoms with van der Waals surface area (Å²) in [7, 11) is 5.30. The van der Waals surface area contributed by atoms with E-state index in [4.69, 9.17) is 7.05 Å². The average Bonchev–Trinajstić information content (AvgIpc) is 2.31. The number of hydrogen-bond acceptors (Lipinski definition) is 1. The van der Waals surface area contributed by atoms with Gasteiger partial charge in [0.05, 0.1) is 0 Å². The predicted octanol–water partition coefficient (Wildman–Crippen LogP) is 3.11. The van der Waals surface area contributed by atoms with Crippen LogP contribution < -0.4 is 5.32 Å². The Morgan fingerprint density at radius 3 is 2.33 bits per heavy atom. The standard InChI is InChI=1S/C14H13N/c1-15-11-12-6-5-9-14(10-12)13-7-3-2-4-8-13/h1-10,15H,11H2. The van der Waals surface area contributed by atoms with Crippen LogP contribution in [0.25, 0.3) is 11.1 Å². The molecule has 2 radical (unpaired) electrons. The van der Waals surface area contributed by atoms with Crippen LogP contribution in [0.5, 0.6) is 0 Å². The Balaban J connectivity index is 2.33. The molecule has 0 aliphatic carbocycles. The molecule has 0 fully saturated rings. The Labute approximate surface area is 90.8 Å². The molecule has 0 aromatic heterocycles. The van der Waals surface area contributed by atoms with Crippen molar-refractivity contribution in [3.8, 4) is 11.1 Å². The maximum Gasteiger partial charge on any atom is 0.0410 e. The van der Waals surface area contributed by atoms with Gasteiger partial charge in [-0.2, -0.15) is 0 Å². The molecule has 0 aliphatic rings. The molecule has 0 atom stereocenters. The fraction of sp³-hybridized carbons (Fsp3) is 0.0714. The summed E-state index contributed by atoms with van der Waals surface area (Å²) in [5, 5.41) is 2.66. The summed E-state index contributed by atoms with van der Waals surface area (Å²) in [5.41, 5.74) is 3.65. The average molecular weight is 195 g/mol. The zero-order valence-electron chi connectivity index (χ0n) is 8.48. The molecule has 0 unspecified atom stereocenters. The Kier molecular flexibility index (Phi) is 3.15. The van der Waals surface area contributed by atoms with Crippen LogP contribution in [0.15, 0.2) is 54.6 Å². The second-order valence-electron chi connectivity index (χ2n) is 3.45. The number of rotatable bonds is 3. The summed E-state index contributed by atoms with van der Waals surface area (Å²) in [6.07, 6.45) is 0. The molecule has 0 saturated heterocycles. The third-order valence-corrected chi connectivity index (χ3v) is 2.34. The quantitative estimate of drug-likeness (QED) is 0.742. The van der Waals surface area contributed by atoms with Crippen LogP contribution in [0.3, 0.4) is 0 Å². The topological polar surface area (TPSA) is 12.0 Å². The molecule has 2 aromatic rings. The SMILES string of the molecule is [CH]NCc1cccc(-c2ccccc2)c1. The summed E-state index contributed by atoms with van der Waals surface area (Å²) >= 11 is 0. The lowest BCUT2D eigenvalue weighted by molar-refractivity contribution is 0.867. The van der Waals surface area contributed by atoms with Crippen LogP contribution in [0.4, 0.5) is 0 Å². The zero-order valence-corrected chi connectivity index (χ0v) is 8.48. The normalized spacial score (nSPS) is 10.2. The second kappa shape index (κ2) is 4.76. The van der Waals surface area contributed by atoms with Crippen molar-refractivity contribution >= 4 is 0 Å². The van der Waals surface area contributed by atoms with Gasteiger partial charge in [-0.05, 0) is 22.8 Å². The fourth-order valence-electron chi connectivity index (χ4n) is 1.61. The van der Waals surface area contributed by atoms with Gasteiger partial charge in [-0.15, -0.1) is 0 Å². The first-order valence-corrected chi connectivity index (χ1v) is 4.98. The van der Waals surface area contributed by atoms with E-state index in [-0.39, 0.29) is 0 Å². The molecule has 1 nitrogen and oxygen atoms in total. The maximum atomic E-state index is 5.30. The summed E-state index contributed by atoms with van der Waals surface area (Å²) in [6.45, 7) is 0.695. The largest absolute Gasteiger partial charge is 0.307 e. The molecule has 0 heterocycles. The van der Waals surface area contributed by atoms with Gasteiger partial charge in [-0.25, -0.2) is 0 Å². The summed E-state index contributed by atoms with van der Waals surface area (Å²) < 4.78 is 0. The highest BCUT2D eigenvalue weighted by Gasteiger charge is 1.97. The van der Waals surface area contributed by atoms with Crippen molar-refractivity contribution in [3.63, 3.8) is 0 Å². The summed E-state index contributed by atoms with van der Waals surface area (Å²) in [6, 6.07) is 18.7. The highest BCUT2D eigenvalue weighted by atomic mass is 14.8. The van der Waals surface area contributed by atoms with Gasteiger partial charge in [0.1, 0.15) is 0 Å². The molecule has 2 aromatic carbocycles. The van der Waals surface area contributed by atoms with E-state index >= 15 is 0 Å². The van der Waals surface area contributed by atoms with Crippen molar-refractivity contribution in [1.29, 1.82) is 0 Å². The van der Waals surface area contributed by atoms with Crippen molar-refractivity contribution < 1.29 is 0 Å². The lowest BCUT2D eigenvalue weighted by Gasteiger charge is -2.04. The number of benzene rings is 2. The third kappa shape index (κ3) is 2.45. The third-order valence-electron chi connectivity index (χ3n) is 2.34. The van der Waals surface area contributed by atoms with Crippen LogP contribution in [0.2, 0.25) is 0 Å². The zero-order chi connectivity index (χ0) is 10.5. The lowest BCUT2D eigenvalue weighted by Crippen LogP contribution is -2.01. The summed E-state index contributed by atoms with van der Waals surface area (Å²) in [4.78, 5) is 0. The van der Waals surface area contributed by atoms with Gasteiger partial charge < -0.3 is 5.32 Å². The lowest BCUT2D eigenvalue weighted by atomic mass is 10.0. The van der Waals surface area contributed by atoms with Crippen molar-refractivity contribution in [2.75, 3.05) is 0 Å². The first-order chi connectivity index (χ1) is 7.40. The summed E-state index contributed by atoms with van der Waals surface area (Å²) in [5.74, 6) is 0. The molecule has 0 aliphatic heterocycles. The Morgan fingerprint density at radius 2 is 1.60 bits per heavy atom. The Hall–Kier alpha value is -1.60. The van der Waals surface area contributed by atoms with E-state index < -0.39 is 0 Å². The van der Waals surface area contributed by atoms with E-state index in [2.05, 4.69) is 41.7 Å². The van der Waals surface area contributed by atoms with Gasteiger partial charge in [-0.3, -0.25) is 0 Å². The van der Waals surface area contributed by atoms with Crippen LogP contribution in [-0.4, -0.2) is 0 Å². The van der Waals surface area contributed by atoms with Gasteiger partial charge in [0.15, 0.2) is 0 Å². The first kappa shape index (κ1) is 9.94. The van der Waals surface area contributed by atoms with Crippen molar-refractivity contribution in [3.05, 3.63) is 67.2 Å². The van der Waals surface area contributed by atoms with Gasteiger partial charge in [-0.1, -0.05) is 48.5 Å². The van der Waals surface area contributed by atoms with Crippen molar-refractivity contribution in [2.24, 2.45) is 0 Å². The van der Waals surface area contributed by atoms with E-state index in [1.54, 1.807) is 0 Å². The number of nitrogens with one attached hydrogen (secondary N) is 1. The molecular weight excluding hydrogens is 182 g/mol. The van der Waals surface area contributed by atoms with Crippen molar-refractivity contribution in [2.45, 2.75) is 6.54 Å². The second-order valence-corrected chi connectivity index (χ2v) is 3.45. The van der Waals surface area contributed by atoms with Crippen LogP contribution in [0, 0.1) is 7.05 Å². The highest BCUT2D eigenvalue weighted by molar-refractivity contribution is 5.63. The maximum absolute atomic E-state index is 5.30. The van der Waals surface area contributed by atoms with Gasteiger partial charge in [0, 0.05) is 13.6 Å². The minimum absolute atomic E-state index is 0.695. The Bertz CT molecular complexity index is 420. The minimum Gasteiger partial charge on any atom is -0.307 e. The number of hydrogen-bond donors (Lipinski definition) is 1. The molecular formula is C14H13N. The van der Waals surface area contributed by atoms with Gasteiger partial charge in [0.25, 0.3) is 0 Å². The molecule has 0 spiro atoms. The Morgan fingerprint density at radius 1 is 0.867 bits per heavy atom. The molecule has 2 rings (SSSR count). The molecule has 0 bridgehead atoms. The van der Waals surface area contributed by atoms with Crippen LogP contribution in [-0.2, 0) is 6.54 Å². The van der Waals surface area contributed by atoms with E-state index in [1.807, 2.05) is 18.2 Å². The molecule has 74 valence electrons. The van der Waals surface area contributed by atoms with Crippen LogP contribution in [0.1, 0.15) is 5.56 Å². The first-order valence-electron chi connectivity index (χ1n) is 4.98. The molecule has 0 amide bonds. The monoisotopic (exact) mass is 195 g/mol. The van der Waals surface area contributed by atoms with E-state index in [9.17, 15) is 0 Å². The predicted molar refractivity (Wildman–Crippen MR) is 63.0 cm³/mol. The molecule has 1 heteroatoms. The molecule has 15 heavy (non-hydrogen) atoms. The smallest absolute Gasteiger partial charge is 0.0410 e. The molecule has 1 N–H and O–H groups in total. The van der Waals surface area contributed by atoms with E-state index in [0.29, 0.717) is 6.54 Å². The molecule has 0 saturated carbocycles. The van der Waals surface area contributed by atoms with E-state index in [0.717, 1.165) is 0 Å².